The maximum Gasteiger partial charge on any atom is 0.220 e. The Morgan fingerprint density at radius 2 is 0.921 bits per heavy atom. The third kappa shape index (κ3) is 24.7. The molecule has 19 nitrogen and oxygen atoms in total. The van der Waals surface area contributed by atoms with Crippen LogP contribution in [0.15, 0.2) is 72.9 Å². The topological polar surface area (TPSA) is 307 Å². The predicted octanol–water partition coefficient (Wildman–Crippen LogP) is 3.87. The van der Waals surface area contributed by atoms with Gasteiger partial charge in [-0.3, -0.25) is 4.79 Å². The third-order valence-corrected chi connectivity index (χ3v) is 13.7. The first-order valence-corrected chi connectivity index (χ1v) is 28.2. The highest BCUT2D eigenvalue weighted by Gasteiger charge is 2.53. The number of aliphatic hydroxyl groups is 11. The number of allylic oxidation sites excluding steroid dienone is 11. The SMILES string of the molecule is CC/C=C\C/C=C\C/C=C\CCCCCCCC(=O)NC(COC1OC(CO)C(OC2OC(CO)C(OC3OC(CO)C(O)C(O)C3O)C(O)C2O)C(O)C1O)C(O)/C=C/CC/C=C/CC/C=C/CCCCCCCC. The van der Waals surface area contributed by atoms with Gasteiger partial charge < -0.3 is 89.9 Å². The molecule has 3 saturated heterocycles. The fourth-order valence-corrected chi connectivity index (χ4v) is 9.06. The van der Waals surface area contributed by atoms with Gasteiger partial charge in [-0.2, -0.15) is 0 Å². The lowest BCUT2D eigenvalue weighted by Crippen LogP contribution is -2.66. The number of rotatable bonds is 39. The largest absolute Gasteiger partial charge is 0.394 e. The van der Waals surface area contributed by atoms with E-state index in [0.717, 1.165) is 77.0 Å². The van der Waals surface area contributed by atoms with E-state index in [0.29, 0.717) is 12.8 Å². The number of aliphatic hydroxyl groups excluding tert-OH is 11. The predicted molar refractivity (Wildman–Crippen MR) is 286 cm³/mol. The number of amides is 1. The van der Waals surface area contributed by atoms with E-state index < -0.39 is 124 Å². The van der Waals surface area contributed by atoms with Crippen LogP contribution in [-0.4, -0.2) is 193 Å². The van der Waals surface area contributed by atoms with Gasteiger partial charge in [0.1, 0.15) is 73.2 Å². The van der Waals surface area contributed by atoms with Crippen LogP contribution in [0.4, 0.5) is 0 Å². The van der Waals surface area contributed by atoms with E-state index in [1.165, 1.54) is 38.5 Å². The second-order valence-electron chi connectivity index (χ2n) is 20.0. The monoisotopic (exact) mass is 1080 g/mol. The van der Waals surface area contributed by atoms with Crippen molar-refractivity contribution in [1.29, 1.82) is 0 Å². The summed E-state index contributed by atoms with van der Waals surface area (Å²) in [5.41, 5.74) is 0. The van der Waals surface area contributed by atoms with Crippen LogP contribution in [0.5, 0.6) is 0 Å². The summed E-state index contributed by atoms with van der Waals surface area (Å²) in [4.78, 5) is 13.3. The molecule has 3 fully saturated rings. The second-order valence-corrected chi connectivity index (χ2v) is 20.0. The van der Waals surface area contributed by atoms with Crippen LogP contribution in [0.3, 0.4) is 0 Å². The Morgan fingerprint density at radius 3 is 1.47 bits per heavy atom. The third-order valence-electron chi connectivity index (χ3n) is 13.7. The molecule has 0 spiro atoms. The summed E-state index contributed by atoms with van der Waals surface area (Å²) < 4.78 is 34.1. The van der Waals surface area contributed by atoms with Gasteiger partial charge in [0.05, 0.1) is 38.6 Å². The fourth-order valence-electron chi connectivity index (χ4n) is 9.06. The van der Waals surface area contributed by atoms with Gasteiger partial charge in [0, 0.05) is 6.42 Å². The van der Waals surface area contributed by atoms with E-state index >= 15 is 0 Å². The highest BCUT2D eigenvalue weighted by atomic mass is 16.8. The number of nitrogens with one attached hydrogen (secondary N) is 1. The first kappa shape index (κ1) is 67.5. The minimum absolute atomic E-state index is 0.208. The van der Waals surface area contributed by atoms with E-state index in [2.05, 4.69) is 79.9 Å². The normalized spacial score (nSPS) is 31.5. The van der Waals surface area contributed by atoms with Crippen molar-refractivity contribution < 1.29 is 89.4 Å². The van der Waals surface area contributed by atoms with Crippen molar-refractivity contribution in [3.8, 4) is 0 Å². The number of hydrogen-bond donors (Lipinski definition) is 12. The molecule has 17 unspecified atom stereocenters. The van der Waals surface area contributed by atoms with Crippen molar-refractivity contribution in [2.24, 2.45) is 0 Å². The Kier molecular flexibility index (Phi) is 35.9. The van der Waals surface area contributed by atoms with Crippen LogP contribution < -0.4 is 5.32 Å². The van der Waals surface area contributed by atoms with Crippen molar-refractivity contribution >= 4 is 5.91 Å². The molecule has 0 radical (unpaired) electrons. The molecule has 0 aromatic carbocycles. The Labute approximate surface area is 451 Å². The number of unbranched alkanes of at least 4 members (excludes halogenated alkanes) is 13. The van der Waals surface area contributed by atoms with Crippen molar-refractivity contribution in [3.05, 3.63) is 72.9 Å². The van der Waals surface area contributed by atoms with Gasteiger partial charge in [-0.1, -0.05) is 138 Å². The number of carbonyl (C=O) groups excluding carboxylic acids is 1. The molecule has 3 rings (SSSR count). The van der Waals surface area contributed by atoms with Gasteiger partial charge in [0.15, 0.2) is 18.9 Å². The summed E-state index contributed by atoms with van der Waals surface area (Å²) in [5, 5.41) is 120. The molecule has 3 aliphatic rings. The Hall–Kier alpha value is -2.77. The maximum atomic E-state index is 13.3. The van der Waals surface area contributed by atoms with Gasteiger partial charge >= 0.3 is 0 Å². The zero-order valence-electron chi connectivity index (χ0n) is 45.2. The first-order valence-electron chi connectivity index (χ1n) is 28.2. The lowest BCUT2D eigenvalue weighted by atomic mass is 9.96. The van der Waals surface area contributed by atoms with Crippen molar-refractivity contribution in [3.63, 3.8) is 0 Å². The highest BCUT2D eigenvalue weighted by molar-refractivity contribution is 5.76. The van der Waals surface area contributed by atoms with Crippen molar-refractivity contribution in [1.82, 2.24) is 5.32 Å². The Morgan fingerprint density at radius 1 is 0.487 bits per heavy atom. The molecular weight excluding hydrogens is 987 g/mol. The highest BCUT2D eigenvalue weighted by Crippen LogP contribution is 2.33. The summed E-state index contributed by atoms with van der Waals surface area (Å²) >= 11 is 0. The summed E-state index contributed by atoms with van der Waals surface area (Å²) in [5.74, 6) is -0.312. The Balaban J connectivity index is 1.56. The van der Waals surface area contributed by atoms with Crippen molar-refractivity contribution in [2.75, 3.05) is 26.4 Å². The van der Waals surface area contributed by atoms with Gasteiger partial charge in [0.2, 0.25) is 5.91 Å². The molecule has 19 heteroatoms. The minimum atomic E-state index is -1.99. The molecule has 17 atom stereocenters. The molecule has 12 N–H and O–H groups in total. The molecule has 0 aromatic heterocycles. The second kappa shape index (κ2) is 40.4. The molecule has 3 heterocycles. The van der Waals surface area contributed by atoms with Crippen LogP contribution in [-0.2, 0) is 33.2 Å². The summed E-state index contributed by atoms with van der Waals surface area (Å²) in [6, 6.07) is -1.01. The molecule has 1 amide bonds. The molecule has 3 aliphatic heterocycles. The van der Waals surface area contributed by atoms with Crippen LogP contribution in [0.25, 0.3) is 0 Å². The maximum absolute atomic E-state index is 13.3. The van der Waals surface area contributed by atoms with Crippen LogP contribution in [0.2, 0.25) is 0 Å². The van der Waals surface area contributed by atoms with E-state index in [1.54, 1.807) is 6.08 Å². The van der Waals surface area contributed by atoms with Crippen molar-refractivity contribution in [2.45, 2.75) is 253 Å². The zero-order chi connectivity index (χ0) is 55.5. The standard InChI is InChI=1S/C57H97NO18/c1-3-5-7-9-11-13-15-17-19-21-22-24-26-28-30-32-34-41(62)40(58-45(63)35-33-31-29-27-25-23-20-18-16-14-12-10-8-6-4-2)39-71-55-51(69)48(66)53(43(37-60)73-55)76-57-52(70)49(67)54(44(38-61)74-57)75-56-50(68)47(65)46(64)42(36-59)72-56/h6,8,12,14,17-20,24,26,32,34,40-44,46-57,59-62,64-70H,3-5,7,9-11,13,15-16,21-23,25,27-31,33,35-39H2,1-2H3,(H,58,63)/b8-6-,14-12-,19-17+,20-18-,26-24+,34-32+. The first-order chi connectivity index (χ1) is 36.8. The average Bonchev–Trinajstić information content (AvgIpc) is 3.41. The zero-order valence-corrected chi connectivity index (χ0v) is 45.2. The summed E-state index contributed by atoms with van der Waals surface area (Å²) in [6.45, 7) is 1.52. The summed E-state index contributed by atoms with van der Waals surface area (Å²) in [6.07, 6.45) is 18.9. The van der Waals surface area contributed by atoms with E-state index in [4.69, 9.17) is 28.4 Å². The molecule has 438 valence electrons. The molecule has 76 heavy (non-hydrogen) atoms. The van der Waals surface area contributed by atoms with Gasteiger partial charge in [-0.05, 0) is 77.0 Å². The molecule has 0 aliphatic carbocycles. The number of carbonyl (C=O) groups is 1. The van der Waals surface area contributed by atoms with Crippen LogP contribution in [0, 0.1) is 0 Å². The molecule has 0 saturated carbocycles. The Bertz CT molecular complexity index is 1670. The lowest BCUT2D eigenvalue weighted by Gasteiger charge is -2.48. The quantitative estimate of drug-likeness (QED) is 0.0307. The fraction of sp³-hybridized carbons (Fsp3) is 0.772. The van der Waals surface area contributed by atoms with Crippen LogP contribution in [0.1, 0.15) is 149 Å². The minimum Gasteiger partial charge on any atom is -0.394 e. The van der Waals surface area contributed by atoms with E-state index in [9.17, 15) is 61.0 Å². The van der Waals surface area contributed by atoms with Gasteiger partial charge in [0.25, 0.3) is 0 Å². The average molecular weight is 1080 g/mol. The molecule has 0 bridgehead atoms. The summed E-state index contributed by atoms with van der Waals surface area (Å²) in [7, 11) is 0. The van der Waals surface area contributed by atoms with E-state index in [1.807, 2.05) is 6.08 Å². The van der Waals surface area contributed by atoms with Crippen LogP contribution >= 0.6 is 0 Å². The lowest BCUT2D eigenvalue weighted by molar-refractivity contribution is -0.379. The van der Waals surface area contributed by atoms with E-state index in [-0.39, 0.29) is 18.9 Å². The van der Waals surface area contributed by atoms with Gasteiger partial charge in [-0.25, -0.2) is 0 Å². The molecule has 0 aromatic rings. The molecular formula is C57H97NO18. The number of hydrogen-bond acceptors (Lipinski definition) is 18. The number of ether oxygens (including phenoxy) is 6. The smallest absolute Gasteiger partial charge is 0.220 e. The van der Waals surface area contributed by atoms with Gasteiger partial charge in [-0.15, -0.1) is 0 Å².